The predicted octanol–water partition coefficient (Wildman–Crippen LogP) is -2.10. The van der Waals surface area contributed by atoms with Crippen molar-refractivity contribution >= 4 is 50.2 Å². The molecule has 0 spiro atoms. The maximum absolute atomic E-state index is 13.3. The third kappa shape index (κ3) is 4.63. The number of nitrogens with one attached hydrogen (secondary N) is 1. The molecule has 1 atom stereocenters. The molecule has 4 amide bonds. The molecule has 36 heavy (non-hydrogen) atoms. The molecule has 2 fully saturated rings. The average molecular weight is 487 g/mol. The summed E-state index contributed by atoms with van der Waals surface area (Å²) < 4.78 is 11.4. The van der Waals surface area contributed by atoms with Crippen LogP contribution in [0.2, 0.25) is 0 Å². The summed E-state index contributed by atoms with van der Waals surface area (Å²) in [6.07, 6.45) is 0.536. The van der Waals surface area contributed by atoms with Crippen molar-refractivity contribution in [3.63, 3.8) is 0 Å². The molecule has 184 valence electrons. The number of carbonyl (C=O) groups excluding carboxylic acids is 4. The molecule has 2 aromatic rings. The minimum Gasteiger partial charge on any atom is -0.489 e. The molecule has 0 aliphatic carbocycles. The van der Waals surface area contributed by atoms with Crippen molar-refractivity contribution in [1.29, 1.82) is 0 Å². The molecule has 0 saturated carbocycles. The molecule has 2 aromatic carbocycles. The Balaban J connectivity index is 1.30. The van der Waals surface area contributed by atoms with Crippen molar-refractivity contribution in [2.75, 3.05) is 19.8 Å². The fourth-order valence-corrected chi connectivity index (χ4v) is 5.15. The number of piperidine rings is 1. The van der Waals surface area contributed by atoms with E-state index in [2.05, 4.69) is 5.32 Å². The Bertz CT molecular complexity index is 1250. The number of imide groups is 1. The second-order valence-corrected chi connectivity index (χ2v) is 9.57. The summed E-state index contributed by atoms with van der Waals surface area (Å²) in [7, 11) is 3.84. The molecule has 0 radical (unpaired) electrons. The maximum Gasteiger partial charge on any atom is 0.254 e. The van der Waals surface area contributed by atoms with Gasteiger partial charge >= 0.3 is 0 Å². The van der Waals surface area contributed by atoms with Gasteiger partial charge in [0.25, 0.3) is 5.91 Å². The van der Waals surface area contributed by atoms with Crippen molar-refractivity contribution < 1.29 is 28.7 Å². The molecule has 1 unspecified atom stereocenters. The van der Waals surface area contributed by atoms with Gasteiger partial charge in [-0.2, -0.15) is 0 Å². The lowest BCUT2D eigenvalue weighted by Gasteiger charge is -2.29. The Kier molecular flexibility index (Phi) is 6.57. The van der Waals surface area contributed by atoms with Crippen LogP contribution in [0.15, 0.2) is 30.3 Å². The van der Waals surface area contributed by atoms with Gasteiger partial charge < -0.3 is 19.3 Å². The Morgan fingerprint density at radius 2 is 1.81 bits per heavy atom. The lowest BCUT2D eigenvalue weighted by atomic mass is 9.81. The summed E-state index contributed by atoms with van der Waals surface area (Å²) >= 11 is 0. The highest BCUT2D eigenvalue weighted by Crippen LogP contribution is 2.32. The molecule has 0 bridgehead atoms. The van der Waals surface area contributed by atoms with Gasteiger partial charge in [-0.25, -0.2) is 0 Å². The van der Waals surface area contributed by atoms with Crippen LogP contribution in [-0.2, 0) is 38.8 Å². The zero-order valence-electron chi connectivity index (χ0n) is 20.5. The smallest absolute Gasteiger partial charge is 0.254 e. The van der Waals surface area contributed by atoms with Crippen LogP contribution in [0.1, 0.15) is 39.9 Å². The summed E-state index contributed by atoms with van der Waals surface area (Å²) in [5.74, 6) is -0.286. The van der Waals surface area contributed by atoms with Crippen LogP contribution in [0, 0.1) is 0 Å². The van der Waals surface area contributed by atoms with Gasteiger partial charge in [0, 0.05) is 30.6 Å². The van der Waals surface area contributed by atoms with Gasteiger partial charge in [0.1, 0.15) is 40.7 Å². The van der Waals surface area contributed by atoms with Gasteiger partial charge in [-0.3, -0.25) is 24.5 Å². The molecule has 5 rings (SSSR count). The number of hydrogen-bond acceptors (Lipinski definition) is 6. The zero-order valence-corrected chi connectivity index (χ0v) is 20.5. The Morgan fingerprint density at radius 3 is 2.53 bits per heavy atom. The molecule has 11 heteroatoms. The standard InChI is InChI=1S/C25H27B2N3O6/c26-17-9-18(27)23(16-11-30(25(34)22(16)17)19-5-6-20(31)28-24(19)33)36-12-15-3-1-14(2-4-15)10-29-7-8-35-13-21(29)32/h1-4,9,19H,5-8,10-13,26-27H2,(H,28,31,33). The molecule has 9 nitrogen and oxygen atoms in total. The minimum atomic E-state index is -0.666. The number of carbonyl (C=O) groups is 4. The van der Waals surface area contributed by atoms with Crippen molar-refractivity contribution in [1.82, 2.24) is 15.1 Å². The SMILES string of the molecule is Bc1cc(B)c2c(c1OCc1ccc(CN3CCOCC3=O)cc1)CN(C1CCC(=O)NC1=O)C2=O. The Hall–Kier alpha value is -3.59. The summed E-state index contributed by atoms with van der Waals surface area (Å²) in [5.41, 5.74) is 5.12. The van der Waals surface area contributed by atoms with Crippen molar-refractivity contribution in [2.24, 2.45) is 0 Å². The second-order valence-electron chi connectivity index (χ2n) is 9.57. The first-order chi connectivity index (χ1) is 17.3. The van der Waals surface area contributed by atoms with Crippen LogP contribution in [-0.4, -0.2) is 74.9 Å². The van der Waals surface area contributed by atoms with Crippen molar-refractivity contribution in [2.45, 2.75) is 38.6 Å². The third-order valence-electron chi connectivity index (χ3n) is 7.01. The molecule has 3 aliphatic rings. The van der Waals surface area contributed by atoms with Gasteiger partial charge in [-0.05, 0) is 23.0 Å². The van der Waals surface area contributed by atoms with E-state index in [1.165, 1.54) is 0 Å². The monoisotopic (exact) mass is 487 g/mol. The first kappa shape index (κ1) is 24.1. The van der Waals surface area contributed by atoms with Gasteiger partial charge in [0.05, 0.1) is 13.2 Å². The molecule has 1 N–H and O–H groups in total. The number of ether oxygens (including phenoxy) is 2. The average Bonchev–Trinajstić information content (AvgIpc) is 3.18. The van der Waals surface area contributed by atoms with E-state index >= 15 is 0 Å². The lowest BCUT2D eigenvalue weighted by molar-refractivity contribution is -0.143. The summed E-state index contributed by atoms with van der Waals surface area (Å²) in [6.45, 7) is 2.42. The van der Waals surface area contributed by atoms with Crippen molar-refractivity contribution in [3.8, 4) is 5.75 Å². The van der Waals surface area contributed by atoms with E-state index in [4.69, 9.17) is 9.47 Å². The topological polar surface area (TPSA) is 105 Å². The van der Waals surface area contributed by atoms with Crippen LogP contribution in [0.4, 0.5) is 0 Å². The fourth-order valence-electron chi connectivity index (χ4n) is 5.15. The molecular weight excluding hydrogens is 460 g/mol. The molecule has 2 saturated heterocycles. The Morgan fingerprint density at radius 1 is 1.06 bits per heavy atom. The number of rotatable bonds is 6. The van der Waals surface area contributed by atoms with E-state index < -0.39 is 11.9 Å². The summed E-state index contributed by atoms with van der Waals surface area (Å²) in [4.78, 5) is 52.6. The molecular formula is C25H27B2N3O6. The first-order valence-corrected chi connectivity index (χ1v) is 12.2. The number of fused-ring (bicyclic) bond motifs is 1. The molecule has 3 aliphatic heterocycles. The predicted molar refractivity (Wildman–Crippen MR) is 136 cm³/mol. The molecule has 3 heterocycles. The third-order valence-corrected chi connectivity index (χ3v) is 7.01. The number of morpholine rings is 1. The highest BCUT2D eigenvalue weighted by atomic mass is 16.5. The normalized spacial score (nSPS) is 19.9. The van der Waals surface area contributed by atoms with Crippen LogP contribution >= 0.6 is 0 Å². The van der Waals surface area contributed by atoms with Crippen molar-refractivity contribution in [3.05, 3.63) is 52.6 Å². The molecule has 0 aromatic heterocycles. The Labute approximate surface area is 210 Å². The summed E-state index contributed by atoms with van der Waals surface area (Å²) in [5, 5.41) is 2.34. The second kappa shape index (κ2) is 9.81. The highest BCUT2D eigenvalue weighted by Gasteiger charge is 2.41. The minimum absolute atomic E-state index is 0.00161. The van der Waals surface area contributed by atoms with Crippen LogP contribution in [0.3, 0.4) is 0 Å². The largest absolute Gasteiger partial charge is 0.489 e. The van der Waals surface area contributed by atoms with E-state index in [9.17, 15) is 19.2 Å². The van der Waals surface area contributed by atoms with Gasteiger partial charge in [-0.15, -0.1) is 0 Å². The lowest BCUT2D eigenvalue weighted by Crippen LogP contribution is -2.52. The van der Waals surface area contributed by atoms with Gasteiger partial charge in [0.15, 0.2) is 0 Å². The van der Waals surface area contributed by atoms with E-state index in [-0.39, 0.29) is 37.3 Å². The van der Waals surface area contributed by atoms with Crippen LogP contribution in [0.25, 0.3) is 0 Å². The van der Waals surface area contributed by atoms with Gasteiger partial charge in [-0.1, -0.05) is 35.8 Å². The number of hydrogen-bond donors (Lipinski definition) is 1. The fraction of sp³-hybridized carbons (Fsp3) is 0.360. The maximum atomic E-state index is 13.3. The number of amides is 4. The van der Waals surface area contributed by atoms with E-state index in [1.54, 1.807) is 9.80 Å². The summed E-state index contributed by atoms with van der Waals surface area (Å²) in [6, 6.07) is 9.20. The zero-order chi connectivity index (χ0) is 25.4. The van der Waals surface area contributed by atoms with Crippen LogP contribution < -0.4 is 21.0 Å². The van der Waals surface area contributed by atoms with E-state index in [1.807, 2.05) is 46.0 Å². The number of nitrogens with zero attached hydrogens (tertiary/aromatic N) is 2. The van der Waals surface area contributed by atoms with E-state index in [0.29, 0.717) is 44.0 Å². The van der Waals surface area contributed by atoms with Crippen LogP contribution in [0.5, 0.6) is 5.75 Å². The number of benzene rings is 2. The highest BCUT2D eigenvalue weighted by molar-refractivity contribution is 6.42. The van der Waals surface area contributed by atoms with E-state index in [0.717, 1.165) is 27.6 Å². The first-order valence-electron chi connectivity index (χ1n) is 12.2. The quantitative estimate of drug-likeness (QED) is 0.370. The van der Waals surface area contributed by atoms with Gasteiger partial charge in [0.2, 0.25) is 17.7 Å².